The summed E-state index contributed by atoms with van der Waals surface area (Å²) in [7, 11) is 0. The lowest BCUT2D eigenvalue weighted by Crippen LogP contribution is -1.82. The van der Waals surface area contributed by atoms with Crippen LogP contribution in [0.5, 0.6) is 0 Å². The maximum absolute atomic E-state index is 6.16. The van der Waals surface area contributed by atoms with Crippen molar-refractivity contribution in [2.75, 3.05) is 0 Å². The second-order valence-corrected chi connectivity index (χ2v) is 5.60. The molecule has 2 aromatic heterocycles. The number of rotatable bonds is 1. The summed E-state index contributed by atoms with van der Waals surface area (Å²) in [6.45, 7) is 0. The third-order valence-corrected chi connectivity index (χ3v) is 4.32. The number of fused-ring (bicyclic) bond motifs is 1. The van der Waals surface area contributed by atoms with Crippen molar-refractivity contribution < 1.29 is 0 Å². The second-order valence-electron chi connectivity index (χ2n) is 3.45. The van der Waals surface area contributed by atoms with Gasteiger partial charge < -0.3 is 0 Å². The molecule has 0 aliphatic heterocycles. The van der Waals surface area contributed by atoms with Crippen LogP contribution >= 0.6 is 46.1 Å². The van der Waals surface area contributed by atoms with Crippen LogP contribution in [0.3, 0.4) is 0 Å². The highest BCUT2D eigenvalue weighted by Gasteiger charge is 2.12. The van der Waals surface area contributed by atoms with Crippen LogP contribution in [0.25, 0.3) is 20.9 Å². The van der Waals surface area contributed by atoms with Crippen molar-refractivity contribution in [1.29, 1.82) is 0 Å². The zero-order chi connectivity index (χ0) is 12.7. The van der Waals surface area contributed by atoms with Crippen molar-refractivity contribution in [3.63, 3.8) is 0 Å². The minimum Gasteiger partial charge on any atom is -0.225 e. The Morgan fingerprint density at radius 1 is 1.06 bits per heavy atom. The Labute approximate surface area is 121 Å². The van der Waals surface area contributed by atoms with Crippen LogP contribution in [-0.4, -0.2) is 15.0 Å². The Balaban J connectivity index is 2.22. The molecule has 0 fully saturated rings. The number of hydrogen-bond acceptors (Lipinski definition) is 4. The first-order valence-electron chi connectivity index (χ1n) is 4.88. The molecule has 0 N–H and O–H groups in total. The van der Waals surface area contributed by atoms with Crippen LogP contribution in [0, 0.1) is 0 Å². The van der Waals surface area contributed by atoms with Crippen molar-refractivity contribution in [3.05, 3.63) is 39.7 Å². The lowest BCUT2D eigenvalue weighted by atomic mass is 10.2. The average molecular weight is 317 g/mol. The van der Waals surface area contributed by atoms with E-state index in [0.717, 1.165) is 15.3 Å². The van der Waals surface area contributed by atoms with E-state index < -0.39 is 0 Å². The zero-order valence-corrected chi connectivity index (χ0v) is 11.8. The first-order chi connectivity index (χ1) is 8.65. The van der Waals surface area contributed by atoms with E-state index in [-0.39, 0.29) is 5.28 Å². The van der Waals surface area contributed by atoms with Gasteiger partial charge in [-0.1, -0.05) is 35.3 Å². The van der Waals surface area contributed by atoms with Gasteiger partial charge in [0.2, 0.25) is 5.28 Å². The fraction of sp³-hybridized carbons (Fsp3) is 0. The third-order valence-electron chi connectivity index (χ3n) is 2.30. The Morgan fingerprint density at radius 3 is 2.72 bits per heavy atom. The molecule has 90 valence electrons. The molecule has 0 aliphatic carbocycles. The lowest BCUT2D eigenvalue weighted by molar-refractivity contribution is 1.20. The van der Waals surface area contributed by atoms with Crippen molar-refractivity contribution in [3.8, 4) is 10.6 Å². The molecule has 0 unspecified atom stereocenters. The predicted molar refractivity (Wildman–Crippen MR) is 75.7 cm³/mol. The third kappa shape index (κ3) is 2.06. The molecule has 0 spiro atoms. The van der Waals surface area contributed by atoms with Gasteiger partial charge in [0.05, 0.1) is 20.9 Å². The van der Waals surface area contributed by atoms with Gasteiger partial charge in [0.15, 0.2) is 5.65 Å². The molecule has 1 aromatic carbocycles. The Morgan fingerprint density at radius 2 is 1.89 bits per heavy atom. The van der Waals surface area contributed by atoms with Gasteiger partial charge in [-0.2, -0.15) is 4.98 Å². The Bertz CT molecular complexity index is 741. The van der Waals surface area contributed by atoms with Gasteiger partial charge >= 0.3 is 0 Å². The van der Waals surface area contributed by atoms with E-state index in [1.54, 1.807) is 12.3 Å². The average Bonchev–Trinajstić information content (AvgIpc) is 2.75. The second kappa shape index (κ2) is 4.63. The number of benzene rings is 1. The number of aromatic nitrogens is 3. The van der Waals surface area contributed by atoms with Crippen LogP contribution in [-0.2, 0) is 0 Å². The summed E-state index contributed by atoms with van der Waals surface area (Å²) >= 11 is 19.3. The summed E-state index contributed by atoms with van der Waals surface area (Å²) in [6.07, 6.45) is 1.64. The van der Waals surface area contributed by atoms with Gasteiger partial charge in [0, 0.05) is 5.56 Å². The smallest absolute Gasteiger partial charge is 0.224 e. The number of thiazole rings is 1. The van der Waals surface area contributed by atoms with E-state index in [1.807, 2.05) is 12.1 Å². The quantitative estimate of drug-likeness (QED) is 0.610. The van der Waals surface area contributed by atoms with Crippen LogP contribution < -0.4 is 0 Å². The monoisotopic (exact) mass is 315 g/mol. The molecule has 18 heavy (non-hydrogen) atoms. The highest BCUT2D eigenvalue weighted by molar-refractivity contribution is 7.21. The molecule has 2 heterocycles. The van der Waals surface area contributed by atoms with E-state index in [2.05, 4.69) is 15.0 Å². The van der Waals surface area contributed by atoms with E-state index in [4.69, 9.17) is 34.8 Å². The van der Waals surface area contributed by atoms with Crippen molar-refractivity contribution >= 4 is 56.5 Å². The summed E-state index contributed by atoms with van der Waals surface area (Å²) < 4.78 is 0.852. The molecule has 0 amide bonds. The molecule has 0 aliphatic rings. The van der Waals surface area contributed by atoms with Gasteiger partial charge in [-0.15, -0.1) is 11.3 Å². The largest absolute Gasteiger partial charge is 0.225 e. The molecule has 0 bridgehead atoms. The maximum atomic E-state index is 6.16. The summed E-state index contributed by atoms with van der Waals surface area (Å²) in [5.41, 5.74) is 1.34. The molecule has 0 radical (unpaired) electrons. The van der Waals surface area contributed by atoms with Crippen LogP contribution in [0.1, 0.15) is 0 Å². The van der Waals surface area contributed by atoms with Crippen LogP contribution in [0.2, 0.25) is 15.3 Å². The maximum Gasteiger partial charge on any atom is 0.224 e. The molecular formula is C11H4Cl3N3S. The van der Waals surface area contributed by atoms with Gasteiger partial charge in [-0.3, -0.25) is 0 Å². The number of nitrogens with zero attached hydrogens (tertiary/aromatic N) is 3. The standard InChI is InChI=1S/C11H4Cl3N3S/c12-6-3-1-2-5(8(6)13)10-16-9-7(18-10)4-15-11(14)17-9/h1-4H. The Kier molecular flexibility index (Phi) is 3.11. The summed E-state index contributed by atoms with van der Waals surface area (Å²) in [4.78, 5) is 12.4. The van der Waals surface area contributed by atoms with Crippen LogP contribution in [0.4, 0.5) is 0 Å². The normalized spacial score (nSPS) is 11.1. The highest BCUT2D eigenvalue weighted by Crippen LogP contribution is 2.36. The molecule has 3 rings (SSSR count). The van der Waals surface area contributed by atoms with E-state index in [9.17, 15) is 0 Å². The molecule has 0 saturated carbocycles. The van der Waals surface area contributed by atoms with E-state index in [1.165, 1.54) is 11.3 Å². The van der Waals surface area contributed by atoms with Gasteiger partial charge in [0.1, 0.15) is 5.01 Å². The number of halogens is 3. The molecule has 7 heteroatoms. The van der Waals surface area contributed by atoms with E-state index >= 15 is 0 Å². The topological polar surface area (TPSA) is 38.7 Å². The zero-order valence-electron chi connectivity index (χ0n) is 8.69. The van der Waals surface area contributed by atoms with Crippen LogP contribution in [0.15, 0.2) is 24.4 Å². The molecule has 0 saturated heterocycles. The molecule has 0 atom stereocenters. The first-order valence-corrected chi connectivity index (χ1v) is 6.83. The first kappa shape index (κ1) is 12.1. The van der Waals surface area contributed by atoms with Crippen molar-refractivity contribution in [2.45, 2.75) is 0 Å². The Hall–Kier alpha value is -0.940. The summed E-state index contributed by atoms with van der Waals surface area (Å²) in [5.74, 6) is 0. The summed E-state index contributed by atoms with van der Waals surface area (Å²) in [5, 5.41) is 1.90. The highest BCUT2D eigenvalue weighted by atomic mass is 35.5. The minimum absolute atomic E-state index is 0.177. The number of hydrogen-bond donors (Lipinski definition) is 0. The van der Waals surface area contributed by atoms with Gasteiger partial charge in [0.25, 0.3) is 0 Å². The SMILES string of the molecule is Clc1ncc2sc(-c3cccc(Cl)c3Cl)nc2n1. The molecular weight excluding hydrogens is 313 g/mol. The van der Waals surface area contributed by atoms with E-state index in [0.29, 0.717) is 15.7 Å². The van der Waals surface area contributed by atoms with Crippen molar-refractivity contribution in [2.24, 2.45) is 0 Å². The van der Waals surface area contributed by atoms with Crippen molar-refractivity contribution in [1.82, 2.24) is 15.0 Å². The summed E-state index contributed by atoms with van der Waals surface area (Å²) in [6, 6.07) is 5.42. The fourth-order valence-electron chi connectivity index (χ4n) is 1.50. The minimum atomic E-state index is 0.177. The fourth-order valence-corrected chi connectivity index (χ4v) is 2.98. The lowest BCUT2D eigenvalue weighted by Gasteiger charge is -2.00. The molecule has 3 aromatic rings. The van der Waals surface area contributed by atoms with Gasteiger partial charge in [-0.05, 0) is 17.7 Å². The van der Waals surface area contributed by atoms with Gasteiger partial charge in [-0.25, -0.2) is 9.97 Å². The molecule has 3 nitrogen and oxygen atoms in total. The predicted octanol–water partition coefficient (Wildman–Crippen LogP) is 4.71.